The number of anilines is 1. The molecule has 1 aliphatic rings. The third-order valence-corrected chi connectivity index (χ3v) is 5.90. The number of carbonyl (C=O) groups excluding carboxylic acids is 3. The predicted molar refractivity (Wildman–Crippen MR) is 138 cm³/mol. The Morgan fingerprint density at radius 3 is 2.45 bits per heavy atom. The number of fused-ring (bicyclic) bond motifs is 2. The summed E-state index contributed by atoms with van der Waals surface area (Å²) < 4.78 is 22.5. The zero-order valence-corrected chi connectivity index (χ0v) is 20.6. The molecular weight excluding hydrogens is 492 g/mol. The maximum Gasteiger partial charge on any atom is 0.328 e. The van der Waals surface area contributed by atoms with Gasteiger partial charge in [0.05, 0.1) is 14.2 Å². The lowest BCUT2D eigenvalue weighted by Gasteiger charge is -2.14. The van der Waals surface area contributed by atoms with Crippen molar-refractivity contribution in [3.8, 4) is 23.0 Å². The number of ether oxygens (including phenoxy) is 4. The molecule has 0 atom stereocenters. The third kappa shape index (κ3) is 4.89. The first-order valence-corrected chi connectivity index (χ1v) is 11.6. The molecule has 0 unspecified atom stereocenters. The number of hydrogen-bond acceptors (Lipinski definition) is 7. The number of hydrogen-bond donors (Lipinski definition) is 3. The minimum atomic E-state index is -0.965. The van der Waals surface area contributed by atoms with Crippen molar-refractivity contribution >= 4 is 34.3 Å². The van der Waals surface area contributed by atoms with Crippen LogP contribution in [0.5, 0.6) is 23.0 Å². The summed E-state index contributed by atoms with van der Waals surface area (Å²) in [5.74, 6) is -0.123. The van der Waals surface area contributed by atoms with E-state index < -0.39 is 17.7 Å². The number of aromatic nitrogens is 1. The van der Waals surface area contributed by atoms with Gasteiger partial charge in [-0.2, -0.15) is 0 Å². The number of nitrogens with one attached hydrogen (secondary N) is 3. The van der Waals surface area contributed by atoms with Crippen molar-refractivity contribution in [2.75, 3.05) is 31.8 Å². The van der Waals surface area contributed by atoms with Gasteiger partial charge in [-0.25, -0.2) is 4.68 Å². The lowest BCUT2D eigenvalue weighted by Crippen LogP contribution is -2.39. The zero-order valence-electron chi connectivity index (χ0n) is 20.6. The van der Waals surface area contributed by atoms with Crippen LogP contribution in [0.1, 0.15) is 16.1 Å². The second-order valence-corrected chi connectivity index (χ2v) is 8.26. The number of carbonyl (C=O) groups is 3. The van der Waals surface area contributed by atoms with Crippen molar-refractivity contribution in [3.05, 3.63) is 78.0 Å². The second-order valence-electron chi connectivity index (χ2n) is 8.26. The van der Waals surface area contributed by atoms with E-state index in [0.717, 1.165) is 5.56 Å². The van der Waals surface area contributed by atoms with Gasteiger partial charge in [-0.05, 0) is 54.1 Å². The van der Waals surface area contributed by atoms with Gasteiger partial charge < -0.3 is 29.6 Å². The number of methoxy groups -OCH3 is 2. The minimum absolute atomic E-state index is 0.0868. The smallest absolute Gasteiger partial charge is 0.328 e. The van der Waals surface area contributed by atoms with E-state index in [1.165, 1.54) is 11.8 Å². The monoisotopic (exact) mass is 516 g/mol. The van der Waals surface area contributed by atoms with Crippen molar-refractivity contribution in [3.63, 3.8) is 0 Å². The van der Waals surface area contributed by atoms with Crippen LogP contribution in [-0.4, -0.2) is 43.4 Å². The summed E-state index contributed by atoms with van der Waals surface area (Å²) in [7, 11) is 3.02. The van der Waals surface area contributed by atoms with E-state index in [-0.39, 0.29) is 19.0 Å². The maximum atomic E-state index is 13.2. The fourth-order valence-corrected chi connectivity index (χ4v) is 4.01. The Bertz CT molecular complexity index is 1530. The van der Waals surface area contributed by atoms with E-state index in [9.17, 15) is 14.4 Å². The number of amides is 3. The van der Waals surface area contributed by atoms with Gasteiger partial charge >= 0.3 is 11.8 Å². The number of benzene rings is 3. The Labute approximate surface area is 217 Å². The van der Waals surface area contributed by atoms with E-state index in [4.69, 9.17) is 18.9 Å². The molecule has 0 fully saturated rings. The molecule has 0 bridgehead atoms. The zero-order chi connectivity index (χ0) is 26.6. The molecule has 3 amide bonds. The molecule has 1 aliphatic heterocycles. The Kier molecular flexibility index (Phi) is 6.72. The van der Waals surface area contributed by atoms with Crippen LogP contribution in [0.4, 0.5) is 5.69 Å². The molecule has 3 N–H and O–H groups in total. The Hall–Kier alpha value is -5.19. The molecule has 194 valence electrons. The molecule has 0 radical (unpaired) electrons. The molecular formula is C27H24N4O7. The fourth-order valence-electron chi connectivity index (χ4n) is 4.01. The van der Waals surface area contributed by atoms with Crippen molar-refractivity contribution in [1.29, 1.82) is 0 Å². The van der Waals surface area contributed by atoms with Gasteiger partial charge in [-0.3, -0.25) is 19.8 Å². The van der Waals surface area contributed by atoms with Gasteiger partial charge in [0.25, 0.3) is 5.91 Å². The van der Waals surface area contributed by atoms with Crippen LogP contribution in [0.15, 0.2) is 66.7 Å². The third-order valence-electron chi connectivity index (χ3n) is 5.90. The maximum absolute atomic E-state index is 13.2. The van der Waals surface area contributed by atoms with E-state index in [1.54, 1.807) is 73.8 Å². The van der Waals surface area contributed by atoms with E-state index in [1.807, 2.05) is 0 Å². The summed E-state index contributed by atoms with van der Waals surface area (Å²) in [5.41, 5.74) is 4.29. The molecule has 0 aliphatic carbocycles. The quantitative estimate of drug-likeness (QED) is 0.322. The highest BCUT2D eigenvalue weighted by Crippen LogP contribution is 2.32. The van der Waals surface area contributed by atoms with Crippen LogP contribution in [0, 0.1) is 0 Å². The molecule has 5 rings (SSSR count). The summed E-state index contributed by atoms with van der Waals surface area (Å²) in [5, 5.41) is 5.99. The normalized spacial score (nSPS) is 11.6. The van der Waals surface area contributed by atoms with E-state index in [0.29, 0.717) is 39.6 Å². The molecule has 2 heterocycles. The molecule has 11 heteroatoms. The lowest BCUT2D eigenvalue weighted by atomic mass is 10.2. The van der Waals surface area contributed by atoms with Gasteiger partial charge in [0.1, 0.15) is 22.7 Å². The van der Waals surface area contributed by atoms with Gasteiger partial charge in [0.2, 0.25) is 6.79 Å². The van der Waals surface area contributed by atoms with Crippen molar-refractivity contribution < 1.29 is 33.3 Å². The number of rotatable bonds is 7. The van der Waals surface area contributed by atoms with Gasteiger partial charge in [0.15, 0.2) is 11.5 Å². The van der Waals surface area contributed by atoms with E-state index >= 15 is 0 Å². The summed E-state index contributed by atoms with van der Waals surface area (Å²) in [6.07, 6.45) is 0. The molecule has 11 nitrogen and oxygen atoms in total. The molecule has 3 aromatic carbocycles. The molecule has 0 spiro atoms. The molecule has 38 heavy (non-hydrogen) atoms. The lowest BCUT2D eigenvalue weighted by molar-refractivity contribution is -0.136. The van der Waals surface area contributed by atoms with Crippen LogP contribution in [0.25, 0.3) is 10.9 Å². The Morgan fingerprint density at radius 1 is 0.895 bits per heavy atom. The first kappa shape index (κ1) is 24.5. The van der Waals surface area contributed by atoms with Gasteiger partial charge in [0, 0.05) is 17.6 Å². The standard InChI is InChI=1S/C27H24N4O7/c1-35-19-9-7-18(8-10-19)29-25(32)20-13-17-4-3-5-22(36-2)24(17)31(20)30-27(34)26(33)28-14-16-6-11-21-23(12-16)38-15-37-21/h3-13H,14-15H2,1-2H3,(H,28,33)(H,29,32)(H,30,34). The molecule has 0 saturated carbocycles. The van der Waals surface area contributed by atoms with Gasteiger partial charge in [-0.1, -0.05) is 18.2 Å². The van der Waals surface area contributed by atoms with Crippen LogP contribution < -0.4 is 35.0 Å². The largest absolute Gasteiger partial charge is 0.497 e. The molecule has 1 aromatic heterocycles. The Balaban J connectivity index is 1.36. The number of nitrogens with zero attached hydrogens (tertiary/aromatic N) is 1. The highest BCUT2D eigenvalue weighted by atomic mass is 16.7. The highest BCUT2D eigenvalue weighted by molar-refractivity contribution is 6.38. The number of para-hydroxylation sites is 1. The molecule has 0 saturated heterocycles. The predicted octanol–water partition coefficient (Wildman–Crippen LogP) is 3.03. The van der Waals surface area contributed by atoms with Crippen molar-refractivity contribution in [2.45, 2.75) is 6.54 Å². The summed E-state index contributed by atoms with van der Waals surface area (Å²) in [6.45, 7) is 0.222. The Morgan fingerprint density at radius 2 is 1.68 bits per heavy atom. The summed E-state index contributed by atoms with van der Waals surface area (Å²) in [6, 6.07) is 18.8. The fraction of sp³-hybridized carbons (Fsp3) is 0.148. The first-order valence-electron chi connectivity index (χ1n) is 11.6. The van der Waals surface area contributed by atoms with Crippen LogP contribution >= 0.6 is 0 Å². The summed E-state index contributed by atoms with van der Waals surface area (Å²) in [4.78, 5) is 38.8. The summed E-state index contributed by atoms with van der Waals surface area (Å²) >= 11 is 0. The second kappa shape index (κ2) is 10.4. The average Bonchev–Trinajstić information content (AvgIpc) is 3.56. The topological polar surface area (TPSA) is 129 Å². The van der Waals surface area contributed by atoms with Crippen LogP contribution in [0.3, 0.4) is 0 Å². The van der Waals surface area contributed by atoms with E-state index in [2.05, 4.69) is 16.1 Å². The highest BCUT2D eigenvalue weighted by Gasteiger charge is 2.23. The van der Waals surface area contributed by atoms with Crippen LogP contribution in [0.2, 0.25) is 0 Å². The van der Waals surface area contributed by atoms with Crippen LogP contribution in [-0.2, 0) is 16.1 Å². The van der Waals surface area contributed by atoms with Gasteiger partial charge in [-0.15, -0.1) is 0 Å². The molecule has 4 aromatic rings. The van der Waals surface area contributed by atoms with Crippen molar-refractivity contribution in [2.24, 2.45) is 0 Å². The first-order chi connectivity index (χ1) is 18.5. The minimum Gasteiger partial charge on any atom is -0.497 e. The average molecular weight is 517 g/mol. The SMILES string of the molecule is COc1ccc(NC(=O)c2cc3cccc(OC)c3n2NC(=O)C(=O)NCc2ccc3c(c2)OCO3)cc1. The van der Waals surface area contributed by atoms with Crippen molar-refractivity contribution in [1.82, 2.24) is 9.99 Å².